The van der Waals surface area contributed by atoms with Crippen LogP contribution in [0.15, 0.2) is 52.7 Å². The lowest BCUT2D eigenvalue weighted by molar-refractivity contribution is 0.959. The van der Waals surface area contributed by atoms with Gasteiger partial charge in [0.1, 0.15) is 10.7 Å². The van der Waals surface area contributed by atoms with E-state index < -0.39 is 0 Å². The van der Waals surface area contributed by atoms with Crippen LogP contribution in [0.3, 0.4) is 0 Å². The van der Waals surface area contributed by atoms with Crippen molar-refractivity contribution in [3.63, 3.8) is 0 Å². The number of H-pyrrole nitrogens is 1. The third-order valence-corrected chi connectivity index (χ3v) is 5.89. The van der Waals surface area contributed by atoms with Crippen molar-refractivity contribution in [2.45, 2.75) is 24.8 Å². The van der Waals surface area contributed by atoms with Gasteiger partial charge in [-0.25, -0.2) is 15.0 Å². The van der Waals surface area contributed by atoms with Gasteiger partial charge in [0.15, 0.2) is 5.16 Å². The summed E-state index contributed by atoms with van der Waals surface area (Å²) in [6.07, 6.45) is 3.40. The average Bonchev–Trinajstić information content (AvgIpc) is 2.98. The van der Waals surface area contributed by atoms with E-state index in [-0.39, 0.29) is 5.56 Å². The fourth-order valence-corrected chi connectivity index (χ4v) is 4.53. The Bertz CT molecular complexity index is 1120. The van der Waals surface area contributed by atoms with Crippen molar-refractivity contribution in [3.05, 3.63) is 69.3 Å². The number of benzene rings is 1. The molecule has 0 aliphatic rings. The number of hydrogen-bond donors (Lipinski definition) is 1. The summed E-state index contributed by atoms with van der Waals surface area (Å²) in [5, 5.41) is 1.33. The van der Waals surface area contributed by atoms with Gasteiger partial charge in [0, 0.05) is 22.8 Å². The van der Waals surface area contributed by atoms with Crippen LogP contribution in [-0.4, -0.2) is 19.9 Å². The van der Waals surface area contributed by atoms with E-state index in [2.05, 4.69) is 51.1 Å². The Morgan fingerprint density at radius 2 is 1.85 bits per heavy atom. The van der Waals surface area contributed by atoms with Gasteiger partial charge in [0.25, 0.3) is 5.56 Å². The average molecular weight is 380 g/mol. The molecule has 26 heavy (non-hydrogen) atoms. The Hall–Kier alpha value is -2.51. The summed E-state index contributed by atoms with van der Waals surface area (Å²) in [6, 6.07) is 10.0. The van der Waals surface area contributed by atoms with E-state index >= 15 is 0 Å². The van der Waals surface area contributed by atoms with Crippen LogP contribution in [-0.2, 0) is 5.75 Å². The predicted octanol–water partition coefficient (Wildman–Crippen LogP) is 4.35. The highest BCUT2D eigenvalue weighted by molar-refractivity contribution is 7.98. The Labute approximate surface area is 158 Å². The fraction of sp³-hybridized carbons (Fsp3) is 0.158. The standard InChI is InChI=1S/C19H16N4OS2/c1-11-4-6-13(7-5-11)15-12(2)26-18-16(15)17(24)22-14(23-18)10-25-19-20-8-3-9-21-19/h3-9H,10H2,1-2H3,(H,22,23,24). The van der Waals surface area contributed by atoms with Crippen LogP contribution in [0.5, 0.6) is 0 Å². The molecule has 0 saturated heterocycles. The smallest absolute Gasteiger partial charge is 0.260 e. The molecule has 5 nitrogen and oxygen atoms in total. The maximum atomic E-state index is 12.8. The zero-order chi connectivity index (χ0) is 18.1. The van der Waals surface area contributed by atoms with Gasteiger partial charge in [0.05, 0.1) is 11.1 Å². The van der Waals surface area contributed by atoms with Crippen molar-refractivity contribution in [3.8, 4) is 11.1 Å². The van der Waals surface area contributed by atoms with Gasteiger partial charge in [-0.05, 0) is 25.5 Å². The first kappa shape index (κ1) is 16.9. The minimum atomic E-state index is -0.0977. The van der Waals surface area contributed by atoms with Gasteiger partial charge in [-0.2, -0.15) is 0 Å². The normalized spacial score (nSPS) is 11.2. The molecule has 3 heterocycles. The summed E-state index contributed by atoms with van der Waals surface area (Å²) in [5.74, 6) is 1.16. The lowest BCUT2D eigenvalue weighted by Crippen LogP contribution is -2.11. The van der Waals surface area contributed by atoms with Gasteiger partial charge in [-0.1, -0.05) is 41.6 Å². The number of nitrogens with one attached hydrogen (secondary N) is 1. The number of thioether (sulfide) groups is 1. The molecule has 0 radical (unpaired) electrons. The van der Waals surface area contributed by atoms with Gasteiger partial charge in [0.2, 0.25) is 0 Å². The molecule has 4 aromatic rings. The lowest BCUT2D eigenvalue weighted by Gasteiger charge is -2.03. The van der Waals surface area contributed by atoms with Crippen LogP contribution in [0, 0.1) is 13.8 Å². The molecule has 0 amide bonds. The Kier molecular flexibility index (Phi) is 4.57. The van der Waals surface area contributed by atoms with Gasteiger partial charge in [-0.15, -0.1) is 11.3 Å². The summed E-state index contributed by atoms with van der Waals surface area (Å²) >= 11 is 3.01. The van der Waals surface area contributed by atoms with Gasteiger partial charge >= 0.3 is 0 Å². The number of fused-ring (bicyclic) bond motifs is 1. The highest BCUT2D eigenvalue weighted by Gasteiger charge is 2.16. The summed E-state index contributed by atoms with van der Waals surface area (Å²) in [5.41, 5.74) is 3.12. The minimum absolute atomic E-state index is 0.0977. The summed E-state index contributed by atoms with van der Waals surface area (Å²) < 4.78 is 0. The summed E-state index contributed by atoms with van der Waals surface area (Å²) in [4.78, 5) is 30.6. The number of nitrogens with zero attached hydrogens (tertiary/aromatic N) is 3. The van der Waals surface area contributed by atoms with E-state index in [1.165, 1.54) is 17.3 Å². The largest absolute Gasteiger partial charge is 0.309 e. The summed E-state index contributed by atoms with van der Waals surface area (Å²) in [7, 11) is 0. The van der Waals surface area contributed by atoms with Crippen molar-refractivity contribution in [2.24, 2.45) is 0 Å². The topological polar surface area (TPSA) is 71.5 Å². The SMILES string of the molecule is Cc1ccc(-c2c(C)sc3nc(CSc4ncccn4)[nH]c(=O)c23)cc1. The molecule has 4 rings (SSSR count). The molecule has 0 atom stereocenters. The van der Waals surface area contributed by atoms with Crippen LogP contribution in [0.4, 0.5) is 0 Å². The van der Waals surface area contributed by atoms with Crippen LogP contribution >= 0.6 is 23.1 Å². The minimum Gasteiger partial charge on any atom is -0.309 e. The molecule has 0 saturated carbocycles. The molecule has 1 N–H and O–H groups in total. The number of aryl methyl sites for hydroxylation is 2. The van der Waals surface area contributed by atoms with Crippen molar-refractivity contribution in [2.75, 3.05) is 0 Å². The van der Waals surface area contributed by atoms with Gasteiger partial charge in [-0.3, -0.25) is 4.79 Å². The first-order chi connectivity index (χ1) is 12.6. The van der Waals surface area contributed by atoms with E-state index in [0.29, 0.717) is 22.1 Å². The molecule has 0 fully saturated rings. The molecular weight excluding hydrogens is 364 g/mol. The predicted molar refractivity (Wildman–Crippen MR) is 107 cm³/mol. The van der Waals surface area contributed by atoms with Crippen molar-refractivity contribution in [1.82, 2.24) is 19.9 Å². The molecule has 7 heteroatoms. The van der Waals surface area contributed by atoms with E-state index in [1.54, 1.807) is 29.8 Å². The van der Waals surface area contributed by atoms with Crippen LogP contribution in [0.2, 0.25) is 0 Å². The second-order valence-corrected chi connectivity index (χ2v) is 8.06. The number of rotatable bonds is 4. The van der Waals surface area contributed by atoms with E-state index in [1.807, 2.05) is 6.92 Å². The molecule has 3 aromatic heterocycles. The third kappa shape index (κ3) is 3.27. The second-order valence-electron chi connectivity index (χ2n) is 5.91. The molecule has 1 aromatic carbocycles. The first-order valence-corrected chi connectivity index (χ1v) is 9.91. The fourth-order valence-electron chi connectivity index (χ4n) is 2.79. The quantitative estimate of drug-likeness (QED) is 0.421. The molecule has 0 bridgehead atoms. The maximum Gasteiger partial charge on any atom is 0.260 e. The molecule has 0 spiro atoms. The van der Waals surface area contributed by atoms with E-state index in [0.717, 1.165) is 20.8 Å². The third-order valence-electron chi connectivity index (χ3n) is 4.01. The van der Waals surface area contributed by atoms with Crippen LogP contribution in [0.25, 0.3) is 21.3 Å². The number of thiophene rings is 1. The molecule has 130 valence electrons. The molecule has 0 unspecified atom stereocenters. The van der Waals surface area contributed by atoms with Crippen LogP contribution in [0.1, 0.15) is 16.3 Å². The monoisotopic (exact) mass is 380 g/mol. The zero-order valence-electron chi connectivity index (χ0n) is 14.3. The van der Waals surface area contributed by atoms with Crippen molar-refractivity contribution >= 4 is 33.3 Å². The Morgan fingerprint density at radius 1 is 1.12 bits per heavy atom. The van der Waals surface area contributed by atoms with Gasteiger partial charge < -0.3 is 4.98 Å². The summed E-state index contributed by atoms with van der Waals surface area (Å²) in [6.45, 7) is 4.09. The highest BCUT2D eigenvalue weighted by atomic mass is 32.2. The molecule has 0 aliphatic heterocycles. The molecular formula is C19H16N4OS2. The lowest BCUT2D eigenvalue weighted by atomic mass is 10.0. The number of aromatic amines is 1. The van der Waals surface area contributed by atoms with E-state index in [4.69, 9.17) is 0 Å². The Morgan fingerprint density at radius 3 is 2.58 bits per heavy atom. The number of aromatic nitrogens is 4. The van der Waals surface area contributed by atoms with Crippen molar-refractivity contribution < 1.29 is 0 Å². The zero-order valence-corrected chi connectivity index (χ0v) is 15.9. The molecule has 0 aliphatic carbocycles. The van der Waals surface area contributed by atoms with Crippen LogP contribution < -0.4 is 5.56 Å². The second kappa shape index (κ2) is 7.01. The van der Waals surface area contributed by atoms with E-state index in [9.17, 15) is 4.79 Å². The highest BCUT2D eigenvalue weighted by Crippen LogP contribution is 2.35. The first-order valence-electron chi connectivity index (χ1n) is 8.11. The van der Waals surface area contributed by atoms with Crippen molar-refractivity contribution in [1.29, 1.82) is 0 Å². The maximum absolute atomic E-state index is 12.8. The number of hydrogen-bond acceptors (Lipinski definition) is 6. The Balaban J connectivity index is 1.72.